The Balaban J connectivity index is 3.13. The topological polar surface area (TPSA) is 59.4 Å². The lowest BCUT2D eigenvalue weighted by molar-refractivity contribution is -0.130. The Labute approximate surface area is 75.5 Å². The van der Waals surface area contributed by atoms with Crippen molar-refractivity contribution in [3.05, 3.63) is 30.5 Å². The predicted octanol–water partition coefficient (Wildman–Crippen LogP) is 1.19. The zero-order valence-corrected chi connectivity index (χ0v) is 7.15. The maximum absolute atomic E-state index is 10.6. The number of methoxy groups -OCH3 is 1. The zero-order valence-electron chi connectivity index (χ0n) is 7.15. The Hall–Kier alpha value is -1.84. The largest absolute Gasteiger partial charge is 0.481 e. The molecule has 4 heteroatoms. The fourth-order valence-corrected chi connectivity index (χ4v) is 0.898. The van der Waals surface area contributed by atoms with Crippen LogP contribution in [-0.2, 0) is 4.79 Å². The highest BCUT2D eigenvalue weighted by Gasteiger charge is 2.12. The molecule has 0 aliphatic carbocycles. The molecule has 68 valence electrons. The van der Waals surface area contributed by atoms with Gasteiger partial charge in [0.25, 0.3) is 0 Å². The highest BCUT2D eigenvalue weighted by Crippen LogP contribution is 2.21. The smallest absolute Gasteiger partial charge is 0.335 e. The van der Waals surface area contributed by atoms with E-state index < -0.39 is 5.97 Å². The molecule has 1 rings (SSSR count). The van der Waals surface area contributed by atoms with Gasteiger partial charge in [-0.25, -0.2) is 9.78 Å². The van der Waals surface area contributed by atoms with Crippen molar-refractivity contribution in [3.63, 3.8) is 0 Å². The van der Waals surface area contributed by atoms with Crippen LogP contribution in [0.25, 0.3) is 5.57 Å². The Kier molecular flexibility index (Phi) is 2.64. The maximum atomic E-state index is 10.6. The molecule has 0 radical (unpaired) electrons. The molecule has 1 aromatic heterocycles. The number of pyridine rings is 1. The molecule has 0 aromatic carbocycles. The molecule has 0 saturated heterocycles. The van der Waals surface area contributed by atoms with E-state index in [1.807, 2.05) is 0 Å². The average Bonchev–Trinajstić information content (AvgIpc) is 2.16. The summed E-state index contributed by atoms with van der Waals surface area (Å²) < 4.78 is 4.88. The first-order chi connectivity index (χ1) is 6.16. The molecule has 0 aliphatic heterocycles. The first kappa shape index (κ1) is 9.25. The fourth-order valence-electron chi connectivity index (χ4n) is 0.898. The number of carboxylic acids is 1. The van der Waals surface area contributed by atoms with Crippen LogP contribution >= 0.6 is 0 Å². The number of aromatic nitrogens is 1. The highest BCUT2D eigenvalue weighted by molar-refractivity contribution is 6.15. The van der Waals surface area contributed by atoms with E-state index in [9.17, 15) is 4.79 Å². The van der Waals surface area contributed by atoms with Gasteiger partial charge in [0, 0.05) is 6.20 Å². The lowest BCUT2D eigenvalue weighted by atomic mass is 10.1. The van der Waals surface area contributed by atoms with Gasteiger partial charge in [0.05, 0.1) is 18.2 Å². The van der Waals surface area contributed by atoms with Crippen LogP contribution in [0, 0.1) is 0 Å². The summed E-state index contributed by atoms with van der Waals surface area (Å²) >= 11 is 0. The molecule has 0 spiro atoms. The van der Waals surface area contributed by atoms with Crippen LogP contribution < -0.4 is 4.74 Å². The summed E-state index contributed by atoms with van der Waals surface area (Å²) in [5.74, 6) is -0.804. The number of aliphatic carboxylic acids is 1. The first-order valence-corrected chi connectivity index (χ1v) is 3.58. The van der Waals surface area contributed by atoms with Gasteiger partial charge < -0.3 is 9.84 Å². The lowest BCUT2D eigenvalue weighted by Crippen LogP contribution is -2.01. The van der Waals surface area contributed by atoms with Crippen molar-refractivity contribution in [2.75, 3.05) is 7.11 Å². The first-order valence-electron chi connectivity index (χ1n) is 3.58. The maximum Gasteiger partial charge on any atom is 0.335 e. The minimum Gasteiger partial charge on any atom is -0.481 e. The molecule has 0 unspecified atom stereocenters. The summed E-state index contributed by atoms with van der Waals surface area (Å²) in [7, 11) is 1.43. The van der Waals surface area contributed by atoms with Crippen LogP contribution in [0.1, 0.15) is 5.56 Å². The molecule has 0 saturated carbocycles. The van der Waals surface area contributed by atoms with E-state index in [-0.39, 0.29) is 11.5 Å². The van der Waals surface area contributed by atoms with Crippen LogP contribution in [0.3, 0.4) is 0 Å². The molecular formula is C9H9NO3. The van der Waals surface area contributed by atoms with Crippen LogP contribution in [0.15, 0.2) is 24.9 Å². The summed E-state index contributed by atoms with van der Waals surface area (Å²) in [5, 5.41) is 8.67. The minimum absolute atomic E-state index is 0.0232. The number of hydrogen-bond donors (Lipinski definition) is 1. The Bertz CT molecular complexity index is 346. The van der Waals surface area contributed by atoms with Crippen molar-refractivity contribution in [3.8, 4) is 5.88 Å². The van der Waals surface area contributed by atoms with Gasteiger partial charge in [-0.2, -0.15) is 0 Å². The van der Waals surface area contributed by atoms with Gasteiger partial charge in [-0.3, -0.25) is 0 Å². The van der Waals surface area contributed by atoms with E-state index in [1.165, 1.54) is 13.3 Å². The second-order valence-corrected chi connectivity index (χ2v) is 2.34. The molecule has 0 fully saturated rings. The van der Waals surface area contributed by atoms with Gasteiger partial charge >= 0.3 is 5.97 Å². The number of hydrogen-bond acceptors (Lipinski definition) is 3. The second kappa shape index (κ2) is 3.71. The third-order valence-electron chi connectivity index (χ3n) is 1.55. The minimum atomic E-state index is -1.08. The molecule has 13 heavy (non-hydrogen) atoms. The van der Waals surface area contributed by atoms with E-state index in [1.54, 1.807) is 12.1 Å². The van der Waals surface area contributed by atoms with Gasteiger partial charge in [-0.15, -0.1) is 0 Å². The average molecular weight is 179 g/mol. The van der Waals surface area contributed by atoms with E-state index in [2.05, 4.69) is 11.6 Å². The third kappa shape index (κ3) is 1.84. The molecule has 0 atom stereocenters. The van der Waals surface area contributed by atoms with Gasteiger partial charge in [0.1, 0.15) is 0 Å². The second-order valence-electron chi connectivity index (χ2n) is 2.34. The predicted molar refractivity (Wildman–Crippen MR) is 47.5 cm³/mol. The van der Waals surface area contributed by atoms with E-state index in [0.29, 0.717) is 5.56 Å². The summed E-state index contributed by atoms with van der Waals surface area (Å²) in [6, 6.07) is 3.23. The Morgan fingerprint density at radius 1 is 1.69 bits per heavy atom. The summed E-state index contributed by atoms with van der Waals surface area (Å²) in [5.41, 5.74) is 0.377. The van der Waals surface area contributed by atoms with Crippen molar-refractivity contribution in [1.29, 1.82) is 0 Å². The summed E-state index contributed by atoms with van der Waals surface area (Å²) in [4.78, 5) is 14.4. The molecule has 1 N–H and O–H groups in total. The van der Waals surface area contributed by atoms with Gasteiger partial charge in [0.15, 0.2) is 0 Å². The number of carboxylic acid groups (broad SMARTS) is 1. The van der Waals surface area contributed by atoms with Crippen LogP contribution in [0.2, 0.25) is 0 Å². The monoisotopic (exact) mass is 179 g/mol. The molecule has 1 aromatic rings. The number of carbonyl (C=O) groups is 1. The molecule has 0 amide bonds. The van der Waals surface area contributed by atoms with Crippen molar-refractivity contribution < 1.29 is 14.6 Å². The molecule has 4 nitrogen and oxygen atoms in total. The van der Waals surface area contributed by atoms with Crippen molar-refractivity contribution >= 4 is 11.5 Å². The van der Waals surface area contributed by atoms with Crippen molar-refractivity contribution in [1.82, 2.24) is 4.98 Å². The van der Waals surface area contributed by atoms with E-state index in [4.69, 9.17) is 9.84 Å². The molecule has 1 heterocycles. The number of rotatable bonds is 3. The van der Waals surface area contributed by atoms with E-state index >= 15 is 0 Å². The molecule has 0 aliphatic rings. The summed E-state index contributed by atoms with van der Waals surface area (Å²) in [6.45, 7) is 3.41. The third-order valence-corrected chi connectivity index (χ3v) is 1.55. The van der Waals surface area contributed by atoms with Crippen LogP contribution in [-0.4, -0.2) is 23.2 Å². The Morgan fingerprint density at radius 3 is 2.92 bits per heavy atom. The van der Waals surface area contributed by atoms with Crippen LogP contribution in [0.4, 0.5) is 0 Å². The Morgan fingerprint density at radius 2 is 2.38 bits per heavy atom. The standard InChI is InChI=1S/C9H9NO3/c1-6(9(11)12)7-4-3-5-10-8(7)13-2/h3-5H,1H2,2H3,(H,11,12). The SMILES string of the molecule is C=C(C(=O)O)c1cccnc1OC. The van der Waals surface area contributed by atoms with Crippen molar-refractivity contribution in [2.24, 2.45) is 0 Å². The molecule has 0 bridgehead atoms. The normalized spacial score (nSPS) is 9.31. The van der Waals surface area contributed by atoms with Gasteiger partial charge in [-0.05, 0) is 12.1 Å². The van der Waals surface area contributed by atoms with Crippen molar-refractivity contribution in [2.45, 2.75) is 0 Å². The fraction of sp³-hybridized carbons (Fsp3) is 0.111. The zero-order chi connectivity index (χ0) is 9.84. The summed E-state index contributed by atoms with van der Waals surface area (Å²) in [6.07, 6.45) is 1.53. The van der Waals surface area contributed by atoms with Gasteiger partial charge in [-0.1, -0.05) is 6.58 Å². The van der Waals surface area contributed by atoms with Gasteiger partial charge in [0.2, 0.25) is 5.88 Å². The highest BCUT2D eigenvalue weighted by atomic mass is 16.5. The van der Waals surface area contributed by atoms with Crippen LogP contribution in [0.5, 0.6) is 5.88 Å². The quantitative estimate of drug-likeness (QED) is 0.708. The lowest BCUT2D eigenvalue weighted by Gasteiger charge is -2.05. The number of nitrogens with zero attached hydrogens (tertiary/aromatic N) is 1. The van der Waals surface area contributed by atoms with E-state index in [0.717, 1.165) is 0 Å². The molecular weight excluding hydrogens is 170 g/mol. The number of ether oxygens (including phenoxy) is 1.